The van der Waals surface area contributed by atoms with Gasteiger partial charge in [-0.05, 0) is 6.42 Å². The molecule has 1 N–H and O–H groups in total. The fourth-order valence-electron chi connectivity index (χ4n) is 3.00. The second-order valence-corrected chi connectivity index (χ2v) is 7.07. The minimum Gasteiger partial charge on any atom is -0.341 e. The van der Waals surface area contributed by atoms with Gasteiger partial charge in [0.25, 0.3) is 0 Å². The molecule has 0 radical (unpaired) electrons. The molecule has 0 aromatic carbocycles. The zero-order chi connectivity index (χ0) is 17.2. The molecule has 132 valence electrons. The van der Waals surface area contributed by atoms with E-state index in [1.54, 1.807) is 29.1 Å². The third kappa shape index (κ3) is 4.32. The second-order valence-electron chi connectivity index (χ2n) is 6.01. The maximum Gasteiger partial charge on any atom is 0.401 e. The lowest BCUT2D eigenvalue weighted by Crippen LogP contribution is -2.40. The third-order valence-corrected chi connectivity index (χ3v) is 5.38. The fraction of sp³-hybridized carbons (Fsp3) is 0.600. The number of H-pyrrole nitrogens is 1. The maximum atomic E-state index is 12.7. The molecule has 0 saturated carbocycles. The zero-order valence-electron chi connectivity index (χ0n) is 13.1. The van der Waals surface area contributed by atoms with Gasteiger partial charge in [-0.25, -0.2) is 0 Å². The van der Waals surface area contributed by atoms with Crippen molar-refractivity contribution in [1.29, 1.82) is 0 Å². The van der Waals surface area contributed by atoms with Crippen molar-refractivity contribution in [3.8, 4) is 0 Å². The summed E-state index contributed by atoms with van der Waals surface area (Å²) in [7, 11) is 0. The molecule has 5 nitrogen and oxygen atoms in total. The number of aromatic amines is 1. The largest absolute Gasteiger partial charge is 0.401 e. The molecule has 2 aliphatic rings. The van der Waals surface area contributed by atoms with Crippen LogP contribution in [0.5, 0.6) is 0 Å². The molecular formula is C15H19F3N4OS. The number of rotatable bonds is 3. The van der Waals surface area contributed by atoms with Crippen molar-refractivity contribution in [2.75, 3.05) is 38.5 Å². The summed E-state index contributed by atoms with van der Waals surface area (Å²) >= 11 is 1.61. The van der Waals surface area contributed by atoms with Crippen LogP contribution in [0.25, 0.3) is 4.91 Å². The highest BCUT2D eigenvalue weighted by Gasteiger charge is 2.33. The van der Waals surface area contributed by atoms with Gasteiger partial charge in [-0.15, -0.1) is 11.8 Å². The third-order valence-electron chi connectivity index (χ3n) is 4.17. The quantitative estimate of drug-likeness (QED) is 0.898. The summed E-state index contributed by atoms with van der Waals surface area (Å²) in [5.41, 5.74) is 0.961. The van der Waals surface area contributed by atoms with E-state index in [-0.39, 0.29) is 18.4 Å². The predicted molar refractivity (Wildman–Crippen MR) is 86.2 cm³/mol. The van der Waals surface area contributed by atoms with Crippen molar-refractivity contribution in [2.45, 2.75) is 12.6 Å². The van der Waals surface area contributed by atoms with Gasteiger partial charge in [0.1, 0.15) is 0 Å². The Kier molecular flexibility index (Phi) is 5.19. The van der Waals surface area contributed by atoms with Gasteiger partial charge in [0.2, 0.25) is 5.91 Å². The van der Waals surface area contributed by atoms with Crippen LogP contribution in [0.1, 0.15) is 12.0 Å². The lowest BCUT2D eigenvalue weighted by Gasteiger charge is -2.24. The Morgan fingerprint density at radius 2 is 2.17 bits per heavy atom. The Balaban J connectivity index is 1.58. The van der Waals surface area contributed by atoms with Crippen LogP contribution in [0.15, 0.2) is 18.5 Å². The first-order valence-electron chi connectivity index (χ1n) is 7.84. The number of nitrogens with one attached hydrogen (secondary N) is 1. The molecule has 0 aliphatic carbocycles. The number of amides is 1. The molecule has 1 unspecified atom stereocenters. The van der Waals surface area contributed by atoms with E-state index in [1.165, 1.54) is 4.90 Å². The molecule has 1 atom stereocenters. The van der Waals surface area contributed by atoms with Crippen molar-refractivity contribution in [3.05, 3.63) is 24.0 Å². The molecular weight excluding hydrogens is 341 g/mol. The first-order chi connectivity index (χ1) is 11.4. The normalized spacial score (nSPS) is 23.2. The van der Waals surface area contributed by atoms with E-state index < -0.39 is 12.7 Å². The molecule has 1 aromatic rings. The molecule has 0 spiro atoms. The van der Waals surface area contributed by atoms with Gasteiger partial charge >= 0.3 is 6.18 Å². The Morgan fingerprint density at radius 1 is 1.33 bits per heavy atom. The Morgan fingerprint density at radius 3 is 2.88 bits per heavy atom. The van der Waals surface area contributed by atoms with Crippen LogP contribution in [0.2, 0.25) is 0 Å². The van der Waals surface area contributed by atoms with Gasteiger partial charge < -0.3 is 4.90 Å². The predicted octanol–water partition coefficient (Wildman–Crippen LogP) is 2.21. The number of hydrogen-bond acceptors (Lipinski definition) is 4. The first-order valence-corrected chi connectivity index (χ1v) is 8.82. The molecule has 9 heteroatoms. The number of nitrogens with zero attached hydrogens (tertiary/aromatic N) is 3. The highest BCUT2D eigenvalue weighted by Crippen LogP contribution is 2.37. The van der Waals surface area contributed by atoms with Crippen molar-refractivity contribution in [1.82, 2.24) is 20.0 Å². The van der Waals surface area contributed by atoms with Gasteiger partial charge in [0.15, 0.2) is 0 Å². The average Bonchev–Trinajstić information content (AvgIpc) is 3.14. The second kappa shape index (κ2) is 7.18. The molecule has 2 aliphatic heterocycles. The topological polar surface area (TPSA) is 52.2 Å². The smallest absolute Gasteiger partial charge is 0.341 e. The summed E-state index contributed by atoms with van der Waals surface area (Å²) < 4.78 is 37.5. The van der Waals surface area contributed by atoms with Crippen LogP contribution < -0.4 is 0 Å². The monoisotopic (exact) mass is 360 g/mol. The van der Waals surface area contributed by atoms with Crippen molar-refractivity contribution in [3.63, 3.8) is 0 Å². The molecule has 1 fully saturated rings. The van der Waals surface area contributed by atoms with Crippen LogP contribution in [-0.4, -0.2) is 70.6 Å². The number of alkyl halides is 3. The summed E-state index contributed by atoms with van der Waals surface area (Å²) in [4.78, 5) is 16.8. The van der Waals surface area contributed by atoms with Gasteiger partial charge in [0.05, 0.1) is 18.7 Å². The zero-order valence-corrected chi connectivity index (χ0v) is 13.9. The Hall–Kier alpha value is -1.48. The SMILES string of the molecule is O=C(C1C=C(c2cn[nH]c2)SC1)N1CCCN(CC(F)(F)F)CC1. The summed E-state index contributed by atoms with van der Waals surface area (Å²) in [5, 5.41) is 6.65. The number of carbonyl (C=O) groups excluding carboxylic acids is 1. The Labute approximate surface area is 142 Å². The number of halogens is 3. The number of hydrogen-bond donors (Lipinski definition) is 1. The van der Waals surface area contributed by atoms with Crippen LogP contribution in [0.4, 0.5) is 13.2 Å². The summed E-state index contributed by atoms with van der Waals surface area (Å²) in [6, 6.07) is 0. The number of thioether (sulfide) groups is 1. The number of aromatic nitrogens is 2. The fourth-order valence-corrected chi connectivity index (χ4v) is 4.14. The van der Waals surface area contributed by atoms with Crippen LogP contribution in [0, 0.1) is 5.92 Å². The lowest BCUT2D eigenvalue weighted by molar-refractivity contribution is -0.145. The highest BCUT2D eigenvalue weighted by atomic mass is 32.2. The van der Waals surface area contributed by atoms with E-state index in [2.05, 4.69) is 10.2 Å². The molecule has 1 amide bonds. The van der Waals surface area contributed by atoms with Gasteiger partial charge in [-0.2, -0.15) is 18.3 Å². The van der Waals surface area contributed by atoms with Crippen LogP contribution in [-0.2, 0) is 4.79 Å². The maximum absolute atomic E-state index is 12.7. The minimum atomic E-state index is -4.19. The lowest BCUT2D eigenvalue weighted by atomic mass is 10.1. The average molecular weight is 360 g/mol. The van der Waals surface area contributed by atoms with E-state index in [4.69, 9.17) is 0 Å². The molecule has 3 heterocycles. The van der Waals surface area contributed by atoms with E-state index in [0.29, 0.717) is 31.8 Å². The van der Waals surface area contributed by atoms with E-state index in [9.17, 15) is 18.0 Å². The van der Waals surface area contributed by atoms with Crippen molar-refractivity contribution < 1.29 is 18.0 Å². The molecule has 0 bridgehead atoms. The van der Waals surface area contributed by atoms with Crippen molar-refractivity contribution in [2.24, 2.45) is 5.92 Å². The minimum absolute atomic E-state index is 0.00912. The van der Waals surface area contributed by atoms with Crippen LogP contribution >= 0.6 is 11.8 Å². The van der Waals surface area contributed by atoms with E-state index in [1.807, 2.05) is 6.08 Å². The molecule has 24 heavy (non-hydrogen) atoms. The molecule has 3 rings (SSSR count). The van der Waals surface area contributed by atoms with Gasteiger partial charge in [-0.1, -0.05) is 6.08 Å². The highest BCUT2D eigenvalue weighted by molar-refractivity contribution is 8.08. The van der Waals surface area contributed by atoms with E-state index in [0.717, 1.165) is 10.5 Å². The summed E-state index contributed by atoms with van der Waals surface area (Å²) in [6.07, 6.45) is 1.82. The van der Waals surface area contributed by atoms with E-state index >= 15 is 0 Å². The number of carbonyl (C=O) groups is 1. The van der Waals surface area contributed by atoms with Crippen LogP contribution in [0.3, 0.4) is 0 Å². The Bertz CT molecular complexity index is 602. The summed E-state index contributed by atoms with van der Waals surface area (Å²) in [5.74, 6) is 0.464. The molecule has 1 aromatic heterocycles. The first kappa shape index (κ1) is 17.3. The van der Waals surface area contributed by atoms with Gasteiger partial charge in [-0.3, -0.25) is 14.8 Å². The van der Waals surface area contributed by atoms with Crippen molar-refractivity contribution >= 4 is 22.6 Å². The molecule has 1 saturated heterocycles. The summed E-state index contributed by atoms with van der Waals surface area (Å²) in [6.45, 7) is 0.606. The van der Waals surface area contributed by atoms with Gasteiger partial charge in [0, 0.05) is 48.6 Å². The standard InChI is InChI=1S/C15H19F3N4OS/c16-15(17,18)10-21-2-1-3-22(5-4-21)14(23)11-6-13(24-9-11)12-7-19-20-8-12/h6-8,11H,1-5,9-10H2,(H,19,20).